The van der Waals surface area contributed by atoms with Gasteiger partial charge in [-0.2, -0.15) is 0 Å². The Balaban J connectivity index is 1.78. The van der Waals surface area contributed by atoms with Gasteiger partial charge in [0.05, 0.1) is 6.61 Å². The lowest BCUT2D eigenvalue weighted by atomic mass is 10.0. The summed E-state index contributed by atoms with van der Waals surface area (Å²) in [7, 11) is 0. The van der Waals surface area contributed by atoms with Crippen molar-refractivity contribution < 1.29 is 9.84 Å². The monoisotopic (exact) mass is 255 g/mol. The summed E-state index contributed by atoms with van der Waals surface area (Å²) in [5.41, 5.74) is 3.43. The van der Waals surface area contributed by atoms with Crippen LogP contribution in [-0.2, 0) is 6.42 Å². The Morgan fingerprint density at radius 2 is 2.11 bits per heavy atom. The fraction of sp³-hybridized carbons (Fsp3) is 0.250. The maximum Gasteiger partial charge on any atom is 0.122 e. The topological polar surface area (TPSA) is 41.5 Å². The van der Waals surface area contributed by atoms with Gasteiger partial charge >= 0.3 is 0 Å². The molecule has 0 radical (unpaired) electrons. The molecule has 0 saturated carbocycles. The zero-order valence-corrected chi connectivity index (χ0v) is 10.9. The maximum atomic E-state index is 9.47. The molecule has 3 nitrogen and oxygen atoms in total. The Morgan fingerprint density at radius 3 is 2.95 bits per heavy atom. The van der Waals surface area contributed by atoms with E-state index in [2.05, 4.69) is 24.4 Å². The van der Waals surface area contributed by atoms with Gasteiger partial charge in [-0.25, -0.2) is 0 Å². The van der Waals surface area contributed by atoms with E-state index in [-0.39, 0.29) is 11.8 Å². The van der Waals surface area contributed by atoms with Crippen molar-refractivity contribution in [2.45, 2.75) is 19.4 Å². The SMILES string of the molecule is CC(Nc1cccc(O)c1)c1ccc2c(c1)CCO2. The third-order valence-electron chi connectivity index (χ3n) is 3.44. The number of ether oxygens (including phenoxy) is 1. The van der Waals surface area contributed by atoms with E-state index in [4.69, 9.17) is 4.74 Å². The number of phenolic OH excluding ortho intramolecular Hbond substituents is 1. The molecule has 2 aromatic rings. The lowest BCUT2D eigenvalue weighted by Crippen LogP contribution is -2.06. The Bertz CT molecular complexity index is 595. The molecule has 0 saturated heterocycles. The van der Waals surface area contributed by atoms with Gasteiger partial charge in [0.1, 0.15) is 11.5 Å². The van der Waals surface area contributed by atoms with E-state index < -0.39 is 0 Å². The summed E-state index contributed by atoms with van der Waals surface area (Å²) < 4.78 is 5.51. The average molecular weight is 255 g/mol. The first-order valence-electron chi connectivity index (χ1n) is 6.53. The van der Waals surface area contributed by atoms with Gasteiger partial charge in [0, 0.05) is 24.2 Å². The van der Waals surface area contributed by atoms with Crippen LogP contribution in [0.3, 0.4) is 0 Å². The molecular formula is C16H17NO2. The first-order chi connectivity index (χ1) is 9.22. The molecule has 3 rings (SSSR count). The van der Waals surface area contributed by atoms with E-state index in [0.29, 0.717) is 0 Å². The minimum absolute atomic E-state index is 0.188. The molecule has 2 aromatic carbocycles. The van der Waals surface area contributed by atoms with Gasteiger partial charge in [-0.1, -0.05) is 12.1 Å². The first-order valence-corrected chi connectivity index (χ1v) is 6.53. The summed E-state index contributed by atoms with van der Waals surface area (Å²) in [6.07, 6.45) is 0.988. The Morgan fingerprint density at radius 1 is 1.21 bits per heavy atom. The van der Waals surface area contributed by atoms with Crippen LogP contribution in [-0.4, -0.2) is 11.7 Å². The van der Waals surface area contributed by atoms with E-state index in [0.717, 1.165) is 24.5 Å². The maximum absolute atomic E-state index is 9.47. The van der Waals surface area contributed by atoms with Crippen molar-refractivity contribution in [1.82, 2.24) is 0 Å². The highest BCUT2D eigenvalue weighted by Crippen LogP contribution is 2.29. The van der Waals surface area contributed by atoms with Crippen molar-refractivity contribution in [1.29, 1.82) is 0 Å². The molecule has 19 heavy (non-hydrogen) atoms. The van der Waals surface area contributed by atoms with Crippen LogP contribution in [0.15, 0.2) is 42.5 Å². The number of benzene rings is 2. The van der Waals surface area contributed by atoms with Crippen molar-refractivity contribution in [2.24, 2.45) is 0 Å². The molecule has 0 aromatic heterocycles. The van der Waals surface area contributed by atoms with Gasteiger partial charge in [-0.15, -0.1) is 0 Å². The second-order valence-electron chi connectivity index (χ2n) is 4.88. The molecule has 0 aliphatic carbocycles. The molecule has 0 fully saturated rings. The van der Waals surface area contributed by atoms with Crippen LogP contribution in [0.25, 0.3) is 0 Å². The summed E-state index contributed by atoms with van der Waals surface area (Å²) in [4.78, 5) is 0. The quantitative estimate of drug-likeness (QED) is 0.882. The molecule has 1 unspecified atom stereocenters. The Hall–Kier alpha value is -2.16. The summed E-state index contributed by atoms with van der Waals surface area (Å²) in [5.74, 6) is 1.29. The van der Waals surface area contributed by atoms with Crippen LogP contribution in [0, 0.1) is 0 Å². The lowest BCUT2D eigenvalue weighted by molar-refractivity contribution is 0.357. The van der Waals surface area contributed by atoms with Crippen molar-refractivity contribution in [2.75, 3.05) is 11.9 Å². The highest BCUT2D eigenvalue weighted by Gasteiger charge is 2.14. The highest BCUT2D eigenvalue weighted by molar-refractivity contribution is 5.50. The van der Waals surface area contributed by atoms with Gasteiger partial charge in [0.2, 0.25) is 0 Å². The van der Waals surface area contributed by atoms with E-state index in [1.165, 1.54) is 11.1 Å². The van der Waals surface area contributed by atoms with Gasteiger partial charge in [-0.3, -0.25) is 0 Å². The van der Waals surface area contributed by atoms with Crippen LogP contribution in [0.5, 0.6) is 11.5 Å². The normalized spacial score (nSPS) is 14.6. The van der Waals surface area contributed by atoms with E-state index in [1.807, 2.05) is 18.2 Å². The summed E-state index contributed by atoms with van der Waals surface area (Å²) in [5, 5.41) is 12.9. The third-order valence-corrected chi connectivity index (χ3v) is 3.44. The molecule has 1 aliphatic rings. The summed E-state index contributed by atoms with van der Waals surface area (Å²) >= 11 is 0. The van der Waals surface area contributed by atoms with E-state index in [9.17, 15) is 5.11 Å². The van der Waals surface area contributed by atoms with E-state index >= 15 is 0 Å². The van der Waals surface area contributed by atoms with Gasteiger partial charge in [0.25, 0.3) is 0 Å². The number of hydrogen-bond donors (Lipinski definition) is 2. The van der Waals surface area contributed by atoms with Gasteiger partial charge < -0.3 is 15.2 Å². The molecule has 98 valence electrons. The first kappa shape index (κ1) is 11.9. The van der Waals surface area contributed by atoms with Crippen LogP contribution in [0.1, 0.15) is 24.1 Å². The zero-order chi connectivity index (χ0) is 13.2. The standard InChI is InChI=1S/C16H17NO2/c1-11(17-14-3-2-4-15(18)10-14)12-5-6-16-13(9-12)7-8-19-16/h2-6,9-11,17-18H,7-8H2,1H3. The molecule has 3 heteroatoms. The van der Waals surface area contributed by atoms with Crippen LogP contribution < -0.4 is 10.1 Å². The van der Waals surface area contributed by atoms with Crippen LogP contribution in [0.2, 0.25) is 0 Å². The molecule has 2 N–H and O–H groups in total. The predicted octanol–water partition coefficient (Wildman–Crippen LogP) is 3.50. The molecule has 1 atom stereocenters. The number of phenols is 1. The molecule has 1 heterocycles. The number of fused-ring (bicyclic) bond motifs is 1. The van der Waals surface area contributed by atoms with Crippen molar-refractivity contribution in [3.63, 3.8) is 0 Å². The van der Waals surface area contributed by atoms with Crippen molar-refractivity contribution in [3.8, 4) is 11.5 Å². The molecule has 0 spiro atoms. The molecule has 1 aliphatic heterocycles. The number of aromatic hydroxyl groups is 1. The minimum Gasteiger partial charge on any atom is -0.508 e. The largest absolute Gasteiger partial charge is 0.508 e. The molecule has 0 bridgehead atoms. The number of rotatable bonds is 3. The van der Waals surface area contributed by atoms with E-state index in [1.54, 1.807) is 12.1 Å². The predicted molar refractivity (Wildman–Crippen MR) is 75.8 cm³/mol. The van der Waals surface area contributed by atoms with Crippen LogP contribution >= 0.6 is 0 Å². The fourth-order valence-corrected chi connectivity index (χ4v) is 2.40. The van der Waals surface area contributed by atoms with Crippen LogP contribution in [0.4, 0.5) is 5.69 Å². The van der Waals surface area contributed by atoms with Crippen molar-refractivity contribution >= 4 is 5.69 Å². The zero-order valence-electron chi connectivity index (χ0n) is 10.9. The Kier molecular flexibility index (Phi) is 3.03. The highest BCUT2D eigenvalue weighted by atomic mass is 16.5. The van der Waals surface area contributed by atoms with Gasteiger partial charge in [-0.05, 0) is 42.3 Å². The number of hydrogen-bond acceptors (Lipinski definition) is 3. The van der Waals surface area contributed by atoms with Crippen molar-refractivity contribution in [3.05, 3.63) is 53.6 Å². The average Bonchev–Trinajstić information content (AvgIpc) is 2.85. The second-order valence-corrected chi connectivity index (χ2v) is 4.88. The van der Waals surface area contributed by atoms with Gasteiger partial charge in [0.15, 0.2) is 0 Å². The minimum atomic E-state index is 0.188. The number of anilines is 1. The molecule has 0 amide bonds. The summed E-state index contributed by atoms with van der Waals surface area (Å²) in [6, 6.07) is 13.7. The number of nitrogens with one attached hydrogen (secondary N) is 1. The smallest absolute Gasteiger partial charge is 0.122 e. The Labute approximate surface area is 112 Å². The fourth-order valence-electron chi connectivity index (χ4n) is 2.40. The summed E-state index contributed by atoms with van der Waals surface area (Å²) in [6.45, 7) is 2.90. The molecular weight excluding hydrogens is 238 g/mol. The third kappa shape index (κ3) is 2.50. The second kappa shape index (κ2) is 4.84. The lowest BCUT2D eigenvalue weighted by Gasteiger charge is -2.16.